The van der Waals surface area contributed by atoms with E-state index in [1.807, 2.05) is 37.3 Å². The van der Waals surface area contributed by atoms with Gasteiger partial charge in [-0.15, -0.1) is 11.8 Å². The molecule has 29 heavy (non-hydrogen) atoms. The molecule has 0 aliphatic carbocycles. The molecule has 2 aromatic heterocycles. The van der Waals surface area contributed by atoms with E-state index >= 15 is 0 Å². The van der Waals surface area contributed by atoms with Gasteiger partial charge in [-0.3, -0.25) is 14.3 Å². The van der Waals surface area contributed by atoms with Crippen LogP contribution in [0.1, 0.15) is 35.1 Å². The number of aryl methyl sites for hydroxylation is 1. The molecule has 0 bridgehead atoms. The molecule has 0 saturated carbocycles. The summed E-state index contributed by atoms with van der Waals surface area (Å²) in [5.74, 6) is -0.815. The van der Waals surface area contributed by atoms with Gasteiger partial charge in [-0.2, -0.15) is 5.10 Å². The smallest absolute Gasteiger partial charge is 0.306 e. The van der Waals surface area contributed by atoms with Crippen LogP contribution in [0, 0.1) is 6.92 Å². The van der Waals surface area contributed by atoms with Crippen molar-refractivity contribution in [3.8, 4) is 5.75 Å². The minimum atomic E-state index is -0.689. The first-order chi connectivity index (χ1) is 13.9. The Bertz CT molecular complexity index is 1060. The predicted octanol–water partition coefficient (Wildman–Crippen LogP) is 3.37. The fraction of sp³-hybridized carbons (Fsp3) is 0.286. The Labute approximate surface area is 172 Å². The predicted molar refractivity (Wildman–Crippen MR) is 109 cm³/mol. The van der Waals surface area contributed by atoms with E-state index < -0.39 is 23.1 Å². The van der Waals surface area contributed by atoms with E-state index in [9.17, 15) is 14.7 Å². The number of benzene rings is 1. The van der Waals surface area contributed by atoms with Crippen LogP contribution in [-0.4, -0.2) is 28.0 Å². The van der Waals surface area contributed by atoms with Crippen LogP contribution in [0.5, 0.6) is 5.75 Å². The summed E-state index contributed by atoms with van der Waals surface area (Å²) in [6.45, 7) is 1.84. The second-order valence-corrected chi connectivity index (χ2v) is 7.58. The molecule has 0 fully saturated rings. The van der Waals surface area contributed by atoms with Crippen molar-refractivity contribution in [2.24, 2.45) is 7.05 Å². The zero-order valence-corrected chi connectivity index (χ0v) is 17.2. The first-order valence-electron chi connectivity index (χ1n) is 8.99. The third-order valence-corrected chi connectivity index (χ3v) is 5.72. The summed E-state index contributed by atoms with van der Waals surface area (Å²) in [5, 5.41) is 14.6. The Kier molecular flexibility index (Phi) is 6.43. The summed E-state index contributed by atoms with van der Waals surface area (Å²) in [5.41, 5.74) is 0.931. The Morgan fingerprint density at radius 1 is 1.34 bits per heavy atom. The lowest BCUT2D eigenvalue weighted by atomic mass is 9.92. The van der Waals surface area contributed by atoms with E-state index in [0.717, 1.165) is 10.6 Å². The summed E-state index contributed by atoms with van der Waals surface area (Å²) in [4.78, 5) is 25.4. The van der Waals surface area contributed by atoms with Crippen LogP contribution >= 0.6 is 11.8 Å². The molecule has 2 heterocycles. The molecular weight excluding hydrogens is 392 g/mol. The van der Waals surface area contributed by atoms with Crippen molar-refractivity contribution in [1.82, 2.24) is 9.78 Å². The number of thioether (sulfide) groups is 1. The van der Waals surface area contributed by atoms with Gasteiger partial charge < -0.3 is 14.3 Å². The fourth-order valence-electron chi connectivity index (χ4n) is 2.99. The van der Waals surface area contributed by atoms with Crippen molar-refractivity contribution >= 4 is 17.7 Å². The second-order valence-electron chi connectivity index (χ2n) is 6.53. The van der Waals surface area contributed by atoms with Crippen molar-refractivity contribution in [1.29, 1.82) is 0 Å². The average molecular weight is 414 g/mol. The van der Waals surface area contributed by atoms with Crippen LogP contribution in [0.4, 0.5) is 0 Å². The number of carbonyl (C=O) groups excluding carboxylic acids is 1. The molecular formula is C21H22N2O5S. The molecule has 0 saturated heterocycles. The normalized spacial score (nSPS) is 12.0. The molecule has 0 aliphatic rings. The molecule has 7 nitrogen and oxygen atoms in total. The maximum absolute atomic E-state index is 12.4. The highest BCUT2D eigenvalue weighted by atomic mass is 32.2. The topological polar surface area (TPSA) is 94.6 Å². The van der Waals surface area contributed by atoms with E-state index in [1.54, 1.807) is 17.9 Å². The number of methoxy groups -OCH3 is 1. The summed E-state index contributed by atoms with van der Waals surface area (Å²) in [6.07, 6.45) is 1.52. The number of aromatic nitrogens is 2. The highest BCUT2D eigenvalue weighted by Gasteiger charge is 2.29. The molecule has 1 unspecified atom stereocenters. The van der Waals surface area contributed by atoms with Gasteiger partial charge in [0, 0.05) is 29.3 Å². The van der Waals surface area contributed by atoms with E-state index in [1.165, 1.54) is 24.9 Å². The Morgan fingerprint density at radius 3 is 2.69 bits per heavy atom. The molecule has 1 aromatic carbocycles. The van der Waals surface area contributed by atoms with Crippen molar-refractivity contribution < 1.29 is 19.1 Å². The van der Waals surface area contributed by atoms with Gasteiger partial charge >= 0.3 is 5.97 Å². The third-order valence-electron chi connectivity index (χ3n) is 4.69. The molecule has 1 N–H and O–H groups in total. The number of hydrogen-bond acceptors (Lipinski definition) is 7. The van der Waals surface area contributed by atoms with Crippen molar-refractivity contribution in [3.63, 3.8) is 0 Å². The monoisotopic (exact) mass is 414 g/mol. The summed E-state index contributed by atoms with van der Waals surface area (Å²) in [6, 6.07) is 11.0. The molecule has 0 aliphatic heterocycles. The zero-order chi connectivity index (χ0) is 21.0. The lowest BCUT2D eigenvalue weighted by Gasteiger charge is -2.17. The second kappa shape index (κ2) is 9.00. The minimum Gasteiger partial charge on any atom is -0.502 e. The number of nitrogens with zero attached hydrogens (tertiary/aromatic N) is 2. The maximum Gasteiger partial charge on any atom is 0.306 e. The van der Waals surface area contributed by atoms with Gasteiger partial charge in [0.25, 0.3) is 0 Å². The molecule has 3 rings (SSSR count). The summed E-state index contributed by atoms with van der Waals surface area (Å²) < 4.78 is 12.4. The standard InChI is InChI=1S/C21H22N2O5S/c1-13-17(11-22-23(13)2)16(10-19(25)27-3)21-20(26)18(24)9-14(28-21)12-29-15-7-5-4-6-8-15/h4-9,11,16,26H,10,12H2,1-3H3. The van der Waals surface area contributed by atoms with E-state index in [2.05, 4.69) is 5.10 Å². The minimum absolute atomic E-state index is 0.0441. The van der Waals surface area contributed by atoms with Crippen LogP contribution in [0.2, 0.25) is 0 Å². The zero-order valence-electron chi connectivity index (χ0n) is 16.4. The number of hydrogen-bond donors (Lipinski definition) is 1. The molecule has 152 valence electrons. The lowest BCUT2D eigenvalue weighted by Crippen LogP contribution is -2.14. The number of esters is 1. The quantitative estimate of drug-likeness (QED) is 0.468. The number of carbonyl (C=O) groups is 1. The molecule has 0 radical (unpaired) electrons. The van der Waals surface area contributed by atoms with Crippen molar-refractivity contribution in [3.05, 3.63) is 75.6 Å². The Morgan fingerprint density at radius 2 is 2.07 bits per heavy atom. The van der Waals surface area contributed by atoms with Crippen LogP contribution in [0.25, 0.3) is 0 Å². The largest absolute Gasteiger partial charge is 0.502 e. The lowest BCUT2D eigenvalue weighted by molar-refractivity contribution is -0.140. The maximum atomic E-state index is 12.4. The van der Waals surface area contributed by atoms with Gasteiger partial charge in [-0.05, 0) is 19.1 Å². The van der Waals surface area contributed by atoms with Crippen LogP contribution in [0.3, 0.4) is 0 Å². The average Bonchev–Trinajstić information content (AvgIpc) is 3.06. The van der Waals surface area contributed by atoms with Crippen molar-refractivity contribution in [2.45, 2.75) is 29.9 Å². The SMILES string of the molecule is COC(=O)CC(c1cnn(C)c1C)c1oc(CSc2ccccc2)cc(=O)c1O. The number of aromatic hydroxyl groups is 1. The molecule has 8 heteroatoms. The number of ether oxygens (including phenoxy) is 1. The fourth-order valence-corrected chi connectivity index (χ4v) is 3.79. The van der Waals surface area contributed by atoms with E-state index in [4.69, 9.17) is 9.15 Å². The van der Waals surface area contributed by atoms with Gasteiger partial charge in [0.15, 0.2) is 5.76 Å². The Balaban J connectivity index is 2.00. The van der Waals surface area contributed by atoms with Gasteiger partial charge in [-0.25, -0.2) is 0 Å². The highest BCUT2D eigenvalue weighted by molar-refractivity contribution is 7.98. The first kappa shape index (κ1) is 20.7. The van der Waals surface area contributed by atoms with Gasteiger partial charge in [-0.1, -0.05) is 18.2 Å². The van der Waals surface area contributed by atoms with Crippen LogP contribution in [0.15, 0.2) is 56.7 Å². The first-order valence-corrected chi connectivity index (χ1v) is 9.98. The van der Waals surface area contributed by atoms with Gasteiger partial charge in [0.1, 0.15) is 5.76 Å². The molecule has 0 amide bonds. The summed E-state index contributed by atoms with van der Waals surface area (Å²) >= 11 is 1.51. The molecule has 0 spiro atoms. The van der Waals surface area contributed by atoms with Crippen molar-refractivity contribution in [2.75, 3.05) is 7.11 Å². The third kappa shape index (κ3) is 4.71. The van der Waals surface area contributed by atoms with Gasteiger partial charge in [0.2, 0.25) is 11.2 Å². The van der Waals surface area contributed by atoms with E-state index in [-0.39, 0.29) is 12.2 Å². The van der Waals surface area contributed by atoms with Gasteiger partial charge in [0.05, 0.1) is 31.4 Å². The van der Waals surface area contributed by atoms with E-state index in [0.29, 0.717) is 17.1 Å². The molecule has 3 aromatic rings. The van der Waals surface area contributed by atoms with Crippen LogP contribution < -0.4 is 5.43 Å². The van der Waals surface area contributed by atoms with Crippen LogP contribution in [-0.2, 0) is 22.3 Å². The molecule has 1 atom stereocenters. The summed E-state index contributed by atoms with van der Waals surface area (Å²) in [7, 11) is 3.06. The highest BCUT2D eigenvalue weighted by Crippen LogP contribution is 2.35. The Hall–Kier alpha value is -3.00. The number of rotatable bonds is 7.